The van der Waals surface area contributed by atoms with Crippen LogP contribution in [0.2, 0.25) is 0 Å². The number of halogens is 1. The Kier molecular flexibility index (Phi) is 21.8. The molecule has 3 heterocycles. The molecule has 0 unspecified atom stereocenters. The van der Waals surface area contributed by atoms with Gasteiger partial charge in [-0.15, -0.1) is 6.42 Å². The number of hydrogen-bond donors (Lipinski definition) is 2. The molecule has 0 bridgehead atoms. The first-order valence-corrected chi connectivity index (χ1v) is 16.0. The molecule has 3 rings (SSSR count). The number of nitro groups is 2. The molecular formula is C34H48BrN11O4. The predicted octanol–water partition coefficient (Wildman–Crippen LogP) is 4.24. The number of aryl methyl sites for hydroxylation is 4. The van der Waals surface area contributed by atoms with Crippen molar-refractivity contribution in [2.24, 2.45) is 16.5 Å². The average molecular weight is 755 g/mol. The first-order chi connectivity index (χ1) is 23.4. The van der Waals surface area contributed by atoms with Crippen molar-refractivity contribution in [3.05, 3.63) is 89.7 Å². The Labute approximate surface area is 303 Å². The third kappa shape index (κ3) is 20.4. The summed E-state index contributed by atoms with van der Waals surface area (Å²) in [6.45, 7) is 7.51. The molecule has 0 spiro atoms. The molecule has 0 aromatic carbocycles. The lowest BCUT2D eigenvalue weighted by Crippen LogP contribution is -2.22. The van der Waals surface area contributed by atoms with Gasteiger partial charge < -0.3 is 16.4 Å². The van der Waals surface area contributed by atoms with Gasteiger partial charge in [0.25, 0.3) is 11.4 Å². The SMILES string of the molecule is C#CCN(C)C.Cc1ncc(Br)cc1[N+](=O)[O-].Cc1ncc(C#CCN(C)C)cc1[N+](=O)[O-].Cc1ncc(CCCN(C)C)cc1N=C(N)N. The number of pyridine rings is 3. The zero-order valence-corrected chi connectivity index (χ0v) is 31.9. The first-order valence-electron chi connectivity index (χ1n) is 15.2. The lowest BCUT2D eigenvalue weighted by molar-refractivity contribution is -0.385. The number of aliphatic imine (C=N–C) groups is 1. The smallest absolute Gasteiger partial charge is 0.291 e. The van der Waals surface area contributed by atoms with Gasteiger partial charge in [0, 0.05) is 40.8 Å². The van der Waals surface area contributed by atoms with E-state index < -0.39 is 9.85 Å². The number of nitrogens with zero attached hydrogens (tertiary/aromatic N) is 9. The van der Waals surface area contributed by atoms with Crippen LogP contribution in [0.1, 0.15) is 34.6 Å². The molecule has 0 radical (unpaired) electrons. The third-order valence-electron chi connectivity index (χ3n) is 5.95. The fraction of sp³-hybridized carbons (Fsp3) is 0.412. The van der Waals surface area contributed by atoms with Crippen molar-refractivity contribution in [1.29, 1.82) is 0 Å². The zero-order chi connectivity index (χ0) is 38.4. The molecule has 0 aliphatic rings. The van der Waals surface area contributed by atoms with E-state index in [4.69, 9.17) is 17.9 Å². The van der Waals surface area contributed by atoms with Crippen molar-refractivity contribution in [1.82, 2.24) is 29.7 Å². The van der Waals surface area contributed by atoms with Crippen LogP contribution in [0.15, 0.2) is 46.3 Å². The van der Waals surface area contributed by atoms with E-state index in [0.717, 1.165) is 42.9 Å². The van der Waals surface area contributed by atoms with E-state index in [1.807, 2.05) is 57.2 Å². The quantitative estimate of drug-likeness (QED) is 0.104. The van der Waals surface area contributed by atoms with Crippen molar-refractivity contribution >= 4 is 39.0 Å². The van der Waals surface area contributed by atoms with Gasteiger partial charge in [0.15, 0.2) is 5.96 Å². The molecule has 50 heavy (non-hydrogen) atoms. The molecule has 0 saturated carbocycles. The number of rotatable bonds is 9. The van der Waals surface area contributed by atoms with Gasteiger partial charge >= 0.3 is 0 Å². The Hall–Kier alpha value is -5.00. The van der Waals surface area contributed by atoms with Crippen molar-refractivity contribution in [2.45, 2.75) is 33.6 Å². The van der Waals surface area contributed by atoms with Gasteiger partial charge in [0.05, 0.1) is 34.3 Å². The van der Waals surface area contributed by atoms with Crippen molar-refractivity contribution in [3.8, 4) is 24.2 Å². The van der Waals surface area contributed by atoms with Crippen LogP contribution in [0, 0.1) is 65.2 Å². The summed E-state index contributed by atoms with van der Waals surface area (Å²) in [7, 11) is 11.8. The molecule has 0 amide bonds. The van der Waals surface area contributed by atoms with E-state index in [-0.39, 0.29) is 17.3 Å². The van der Waals surface area contributed by atoms with Gasteiger partial charge in [-0.2, -0.15) is 0 Å². The molecule has 0 fully saturated rings. The molecule has 0 aliphatic carbocycles. The Morgan fingerprint density at radius 2 is 1.38 bits per heavy atom. The van der Waals surface area contributed by atoms with Crippen LogP contribution in [-0.4, -0.2) is 107 Å². The zero-order valence-electron chi connectivity index (χ0n) is 30.3. The number of aromatic nitrogens is 3. The minimum Gasteiger partial charge on any atom is -0.370 e. The third-order valence-corrected chi connectivity index (χ3v) is 6.39. The van der Waals surface area contributed by atoms with E-state index in [0.29, 0.717) is 28.0 Å². The van der Waals surface area contributed by atoms with Crippen LogP contribution < -0.4 is 11.5 Å². The predicted molar refractivity (Wildman–Crippen MR) is 203 cm³/mol. The van der Waals surface area contributed by atoms with Crippen LogP contribution in [0.4, 0.5) is 17.1 Å². The molecule has 0 saturated heterocycles. The van der Waals surface area contributed by atoms with Gasteiger partial charge in [-0.05, 0) is 110 Å². The molecule has 16 heteroatoms. The van der Waals surface area contributed by atoms with Crippen molar-refractivity contribution in [2.75, 3.05) is 61.9 Å². The molecule has 0 aliphatic heterocycles. The molecular weight excluding hydrogens is 706 g/mol. The van der Waals surface area contributed by atoms with Gasteiger partial charge in [-0.3, -0.25) is 45.0 Å². The maximum atomic E-state index is 10.7. The van der Waals surface area contributed by atoms with Gasteiger partial charge in [-0.1, -0.05) is 17.8 Å². The molecule has 270 valence electrons. The van der Waals surface area contributed by atoms with Gasteiger partial charge in [-0.25, -0.2) is 4.99 Å². The second kappa shape index (κ2) is 24.2. The van der Waals surface area contributed by atoms with Crippen LogP contribution in [-0.2, 0) is 6.42 Å². The summed E-state index contributed by atoms with van der Waals surface area (Å²) in [5.74, 6) is 8.30. The second-order valence-electron chi connectivity index (χ2n) is 11.5. The maximum Gasteiger partial charge on any atom is 0.291 e. The van der Waals surface area contributed by atoms with Crippen molar-refractivity contribution in [3.63, 3.8) is 0 Å². The highest BCUT2D eigenvalue weighted by atomic mass is 79.9. The summed E-state index contributed by atoms with van der Waals surface area (Å²) in [6, 6.07) is 4.88. The molecule has 15 nitrogen and oxygen atoms in total. The number of guanidine groups is 1. The first kappa shape index (κ1) is 45.0. The fourth-order valence-electron chi connectivity index (χ4n) is 3.49. The summed E-state index contributed by atoms with van der Waals surface area (Å²) in [5.41, 5.74) is 15.0. The summed E-state index contributed by atoms with van der Waals surface area (Å²) in [4.78, 5) is 42.2. The van der Waals surface area contributed by atoms with Crippen LogP contribution in [0.5, 0.6) is 0 Å². The van der Waals surface area contributed by atoms with E-state index in [2.05, 4.69) is 72.6 Å². The maximum absolute atomic E-state index is 10.7. The average Bonchev–Trinajstić information content (AvgIpc) is 3.01. The van der Waals surface area contributed by atoms with Gasteiger partial charge in [0.1, 0.15) is 11.4 Å². The largest absolute Gasteiger partial charge is 0.370 e. The second-order valence-corrected chi connectivity index (χ2v) is 12.4. The summed E-state index contributed by atoms with van der Waals surface area (Å²) < 4.78 is 0.620. The number of hydrogen-bond acceptors (Lipinski definition) is 11. The van der Waals surface area contributed by atoms with Crippen LogP contribution >= 0.6 is 15.9 Å². The molecule has 0 atom stereocenters. The van der Waals surface area contributed by atoms with Crippen LogP contribution in [0.25, 0.3) is 0 Å². The summed E-state index contributed by atoms with van der Waals surface area (Å²) in [6.07, 6.45) is 12.0. The monoisotopic (exact) mass is 753 g/mol. The van der Waals surface area contributed by atoms with E-state index in [1.165, 1.54) is 18.3 Å². The minimum atomic E-state index is -0.451. The lowest BCUT2D eigenvalue weighted by atomic mass is 10.1. The Bertz CT molecular complexity index is 1670. The lowest BCUT2D eigenvalue weighted by Gasteiger charge is -2.09. The molecule has 4 N–H and O–H groups in total. The summed E-state index contributed by atoms with van der Waals surface area (Å²) in [5, 5.41) is 21.0. The fourth-order valence-corrected chi connectivity index (χ4v) is 3.81. The molecule has 3 aromatic heterocycles. The van der Waals surface area contributed by atoms with Crippen molar-refractivity contribution < 1.29 is 9.85 Å². The highest BCUT2D eigenvalue weighted by Gasteiger charge is 2.12. The highest BCUT2D eigenvalue weighted by molar-refractivity contribution is 9.10. The van der Waals surface area contributed by atoms with E-state index in [9.17, 15) is 20.2 Å². The summed E-state index contributed by atoms with van der Waals surface area (Å²) >= 11 is 3.10. The van der Waals surface area contributed by atoms with E-state index in [1.54, 1.807) is 20.0 Å². The Morgan fingerprint density at radius 3 is 1.84 bits per heavy atom. The Morgan fingerprint density at radius 1 is 0.840 bits per heavy atom. The highest BCUT2D eigenvalue weighted by Crippen LogP contribution is 2.20. The van der Waals surface area contributed by atoms with Crippen LogP contribution in [0.3, 0.4) is 0 Å². The normalized spacial score (nSPS) is 9.84. The minimum absolute atomic E-state index is 0.0108. The topological polar surface area (TPSA) is 199 Å². The Balaban J connectivity index is 0.000000677. The number of nitrogens with two attached hydrogens (primary N) is 2. The standard InChI is InChI=1S/C12H21N5.C11H13N3O2.C6H5BrN2O2.C5H9N/c1-9-11(16-12(13)14)7-10(8-15-9)5-4-6-17(2)3;1-9-11(14(15)16)7-10(8-12-9)5-4-6-13(2)3;1-4-6(9(10)11)2-5(7)3-8-4;1-4-5-6(2)3/h7-8H,4-6H2,1-3H3,(H4,13,14,16);7-8H,6H2,1-3H3;2-3H,1H3;1H,5H2,2-3H3. The van der Waals surface area contributed by atoms with Gasteiger partial charge in [0.2, 0.25) is 0 Å². The van der Waals surface area contributed by atoms with E-state index >= 15 is 0 Å². The number of terminal acetylenes is 1. The molecule has 3 aromatic rings.